The average Bonchev–Trinajstić information content (AvgIpc) is 1.66. The number of carbonyl (C=O) groups excluding carboxylic acids is 1. The molecule has 0 fully saturated rings. The largest absolute Gasteiger partial charge is 0.326 e. The van der Waals surface area contributed by atoms with Gasteiger partial charge in [-0.3, -0.25) is 13.9 Å². The fraction of sp³-hybridized carbons (Fsp3) is 0. The Kier molecular flexibility index (Phi) is 46.3. The monoisotopic (exact) mass is 215 g/mol. The van der Waals surface area contributed by atoms with Gasteiger partial charge in [-0.05, 0) is 0 Å². The van der Waals surface area contributed by atoms with Gasteiger partial charge < -0.3 is 19.6 Å². The second-order valence-electron chi connectivity index (χ2n) is 0.565. The Labute approximate surface area is 86.3 Å². The van der Waals surface area contributed by atoms with E-state index in [4.69, 9.17) is 33.5 Å². The summed E-state index contributed by atoms with van der Waals surface area (Å²) in [5, 5.41) is 0. The summed E-state index contributed by atoms with van der Waals surface area (Å²) in [6, 6.07) is 0. The summed E-state index contributed by atoms with van der Waals surface area (Å²) in [6.07, 6.45) is 0. The molecule has 0 aromatic rings. The minimum absolute atomic E-state index is 0. The molecule has 0 aromatic heterocycles. The third-order valence-corrected chi connectivity index (χ3v) is 0. The standard InChI is InChI=1S/CO.Na.2H3O3P/c1-2;;2*1-4(2)3/h;;2*4H,(H2,1,2,3). The van der Waals surface area contributed by atoms with Gasteiger partial charge in [0.2, 0.25) is 0 Å². The topological polar surface area (TPSA) is 132 Å². The Morgan fingerprint density at radius 1 is 0.818 bits per heavy atom. The van der Waals surface area contributed by atoms with Crippen LogP contribution in [0.3, 0.4) is 0 Å². The molecule has 10 heteroatoms. The van der Waals surface area contributed by atoms with Crippen LogP contribution in [0.4, 0.5) is 0 Å². The first-order valence-electron chi connectivity index (χ1n) is 1.51. The van der Waals surface area contributed by atoms with E-state index in [0.29, 0.717) is 0 Å². The molecule has 11 heavy (non-hydrogen) atoms. The fourth-order valence-electron chi connectivity index (χ4n) is 0. The zero-order chi connectivity index (χ0) is 9.15. The van der Waals surface area contributed by atoms with Crippen LogP contribution in [0.25, 0.3) is 0 Å². The molecule has 0 bridgehead atoms. The van der Waals surface area contributed by atoms with E-state index in [9.17, 15) is 0 Å². The van der Waals surface area contributed by atoms with Crippen LogP contribution in [0.1, 0.15) is 0 Å². The minimum atomic E-state index is -3.13. The fourth-order valence-corrected chi connectivity index (χ4v) is 0. The molecule has 0 amide bonds. The molecule has 0 aliphatic rings. The molecular formula is CH6NaO7P2. The summed E-state index contributed by atoms with van der Waals surface area (Å²) in [5.74, 6) is 0. The van der Waals surface area contributed by atoms with Crippen molar-refractivity contribution in [3.63, 3.8) is 0 Å². The molecule has 0 unspecified atom stereocenters. The zero-order valence-corrected chi connectivity index (χ0v) is 9.51. The van der Waals surface area contributed by atoms with Crippen molar-refractivity contribution in [3.05, 3.63) is 0 Å². The van der Waals surface area contributed by atoms with Gasteiger partial charge in [0, 0.05) is 29.6 Å². The molecule has 0 saturated heterocycles. The van der Waals surface area contributed by atoms with Gasteiger partial charge in [-0.15, -0.1) is 0 Å². The van der Waals surface area contributed by atoms with Gasteiger partial charge in [0.15, 0.2) is 0 Å². The van der Waals surface area contributed by atoms with Crippen molar-refractivity contribution in [2.24, 2.45) is 0 Å². The van der Waals surface area contributed by atoms with Crippen LogP contribution in [0.2, 0.25) is 0 Å². The summed E-state index contributed by atoms with van der Waals surface area (Å²) >= 11 is 0. The van der Waals surface area contributed by atoms with E-state index in [0.717, 1.165) is 0 Å². The Hall–Kier alpha value is 0.970. The van der Waals surface area contributed by atoms with Crippen LogP contribution in [-0.4, -0.2) is 55.9 Å². The number of rotatable bonds is 0. The summed E-state index contributed by atoms with van der Waals surface area (Å²) in [5.41, 5.74) is 0. The van der Waals surface area contributed by atoms with Crippen molar-refractivity contribution < 1.29 is 33.5 Å². The van der Waals surface area contributed by atoms with Gasteiger partial charge in [-0.1, -0.05) is 0 Å². The van der Waals surface area contributed by atoms with Gasteiger partial charge in [0.1, 0.15) is 0 Å². The van der Waals surface area contributed by atoms with Gasteiger partial charge in [0.05, 0.1) is 0 Å². The van der Waals surface area contributed by atoms with Gasteiger partial charge >= 0.3 is 16.5 Å². The molecule has 0 heterocycles. The second-order valence-corrected chi connectivity index (χ2v) is 1.70. The molecule has 0 spiro atoms. The zero-order valence-electron chi connectivity index (χ0n) is 5.51. The van der Waals surface area contributed by atoms with Crippen LogP contribution < -0.4 is 0 Å². The number of hydrogen-bond acceptors (Lipinski definition) is 3. The molecule has 0 aromatic carbocycles. The smallest absolute Gasteiger partial charge is 0.314 e. The predicted molar refractivity (Wildman–Crippen MR) is 38.3 cm³/mol. The third kappa shape index (κ3) is 938. The Morgan fingerprint density at radius 3 is 0.818 bits per heavy atom. The summed E-state index contributed by atoms with van der Waals surface area (Å²) in [4.78, 5) is 36.1. The third-order valence-electron chi connectivity index (χ3n) is 0. The van der Waals surface area contributed by atoms with Crippen molar-refractivity contribution in [1.82, 2.24) is 0 Å². The van der Waals surface area contributed by atoms with Crippen molar-refractivity contribution in [2.75, 3.05) is 0 Å². The first-order chi connectivity index (χ1) is 4.46. The molecule has 4 N–H and O–H groups in total. The molecule has 0 atom stereocenters. The maximum Gasteiger partial charge on any atom is 0.314 e. The van der Waals surface area contributed by atoms with Crippen molar-refractivity contribution in [1.29, 1.82) is 0 Å². The molecule has 0 rings (SSSR count). The van der Waals surface area contributed by atoms with Crippen molar-refractivity contribution >= 4 is 52.9 Å². The van der Waals surface area contributed by atoms with E-state index < -0.39 is 16.5 Å². The van der Waals surface area contributed by atoms with Crippen LogP contribution in [0, 0.1) is 0 Å². The molecule has 3 radical (unpaired) electrons. The quantitative estimate of drug-likeness (QED) is 0.270. The van der Waals surface area contributed by atoms with Crippen LogP contribution in [0.15, 0.2) is 0 Å². The van der Waals surface area contributed by atoms with Gasteiger partial charge in [-0.25, -0.2) is 0 Å². The first kappa shape index (κ1) is 22.7. The van der Waals surface area contributed by atoms with E-state index in [1.807, 2.05) is 0 Å². The van der Waals surface area contributed by atoms with E-state index >= 15 is 0 Å². The summed E-state index contributed by atoms with van der Waals surface area (Å²) in [6.45, 7) is 4.50. The van der Waals surface area contributed by atoms with Crippen molar-refractivity contribution in [3.8, 4) is 0 Å². The second kappa shape index (κ2) is 22.4. The Morgan fingerprint density at radius 2 is 0.818 bits per heavy atom. The van der Waals surface area contributed by atoms with E-state index in [2.05, 4.69) is 6.79 Å². The van der Waals surface area contributed by atoms with Crippen LogP contribution >= 0.6 is 16.5 Å². The van der Waals surface area contributed by atoms with E-state index in [1.54, 1.807) is 0 Å². The summed E-state index contributed by atoms with van der Waals surface area (Å²) < 4.78 is 17.5. The number of hydrogen-bond donors (Lipinski definition) is 4. The molecule has 0 aliphatic heterocycles. The first-order valence-corrected chi connectivity index (χ1v) is 4.11. The normalized spacial score (nSPS) is 6.73. The van der Waals surface area contributed by atoms with Crippen molar-refractivity contribution in [2.45, 2.75) is 0 Å². The Bertz CT molecular complexity index is 84.6. The van der Waals surface area contributed by atoms with Gasteiger partial charge in [-0.2, -0.15) is 0 Å². The van der Waals surface area contributed by atoms with E-state index in [1.165, 1.54) is 0 Å². The molecule has 63 valence electrons. The molecule has 0 aliphatic carbocycles. The molecular weight excluding hydrogens is 209 g/mol. The Balaban J connectivity index is -0.0000000339. The molecule has 0 saturated carbocycles. The van der Waals surface area contributed by atoms with E-state index in [-0.39, 0.29) is 29.6 Å². The van der Waals surface area contributed by atoms with Gasteiger partial charge in [0.25, 0.3) is 6.79 Å². The summed E-state index contributed by atoms with van der Waals surface area (Å²) in [7, 11) is -6.26. The molecule has 7 nitrogen and oxygen atoms in total. The average molecular weight is 215 g/mol. The predicted octanol–water partition coefficient (Wildman–Crippen LogP) is -2.06. The van der Waals surface area contributed by atoms with Crippen LogP contribution in [-0.2, 0) is 13.9 Å². The van der Waals surface area contributed by atoms with Crippen LogP contribution in [0.5, 0.6) is 0 Å². The maximum atomic E-state index is 8.74. The SMILES string of the molecule is O=[PH](O)O.O=[PH](O)O.[C]=O.[Na]. The minimum Gasteiger partial charge on any atom is -0.326 e. The maximum absolute atomic E-state index is 8.74.